The molecule has 10 rings (SSSR count). The van der Waals surface area contributed by atoms with E-state index in [1.165, 1.54) is 0 Å². The largest absolute Gasteiger partial charge is 0.310 e. The van der Waals surface area contributed by atoms with Crippen LogP contribution in [-0.2, 0) is 0 Å². The van der Waals surface area contributed by atoms with Crippen molar-refractivity contribution in [3.63, 3.8) is 0 Å². The highest BCUT2D eigenvalue weighted by Crippen LogP contribution is 2.43. The summed E-state index contributed by atoms with van der Waals surface area (Å²) < 4.78 is 135. The molecular weight excluding hydrogens is 639 g/mol. The van der Waals surface area contributed by atoms with E-state index < -0.39 is 124 Å². The van der Waals surface area contributed by atoms with E-state index in [2.05, 4.69) is 0 Å². The van der Waals surface area contributed by atoms with Crippen molar-refractivity contribution in [3.05, 3.63) is 212 Å². The summed E-state index contributed by atoms with van der Waals surface area (Å²) >= 11 is 0. The summed E-state index contributed by atoms with van der Waals surface area (Å²) in [6, 6.07) is 28.5. The third-order valence-electron chi connectivity index (χ3n) is 9.42. The van der Waals surface area contributed by atoms with Crippen LogP contribution < -0.4 is 4.90 Å². The lowest BCUT2D eigenvalue weighted by atomic mass is 9.96. The van der Waals surface area contributed by atoms with Crippen LogP contribution in [0, 0.1) is 0 Å². The topological polar surface area (TPSA) is 3.24 Å². The van der Waals surface area contributed by atoms with Crippen molar-refractivity contribution >= 4 is 60.2 Å². The minimum absolute atomic E-state index is 0.140. The maximum Gasteiger partial charge on any atom is 0.0645 e. The standard InChI is InChI=1S/C52H35N/c1-2-11-36(12-3-1)40-21-23-43-34-41(22-24-42(43)33-40)37-25-29-45(30-26-37)53(52-35-44-14-5-7-17-49(44)50-18-8-9-19-51(50)52)46-31-27-39(28-32-46)48-20-10-15-38-13-4-6-16-47(38)48/h1-35H/i1D,2D,3D,11D,12D,21D,22D,23D,24D,25D,26D,29D,30D,33D,34D. The zero-order valence-corrected chi connectivity index (χ0v) is 28.0. The molecular formula is C52H35N. The van der Waals surface area contributed by atoms with Crippen LogP contribution in [0.1, 0.15) is 20.6 Å². The van der Waals surface area contributed by atoms with Gasteiger partial charge in [-0.2, -0.15) is 0 Å². The van der Waals surface area contributed by atoms with E-state index in [9.17, 15) is 8.22 Å². The van der Waals surface area contributed by atoms with Gasteiger partial charge in [-0.15, -0.1) is 0 Å². The van der Waals surface area contributed by atoms with Crippen LogP contribution in [0.15, 0.2) is 212 Å². The van der Waals surface area contributed by atoms with Gasteiger partial charge in [-0.1, -0.05) is 170 Å². The normalized spacial score (nSPS) is 15.4. The molecule has 0 aliphatic carbocycles. The van der Waals surface area contributed by atoms with Crippen molar-refractivity contribution < 1.29 is 20.6 Å². The molecule has 0 unspecified atom stereocenters. The molecule has 10 aromatic carbocycles. The van der Waals surface area contributed by atoms with E-state index in [0.717, 1.165) is 43.4 Å². The average molecular weight is 689 g/mol. The third-order valence-corrected chi connectivity index (χ3v) is 9.42. The van der Waals surface area contributed by atoms with Crippen LogP contribution in [0.3, 0.4) is 0 Å². The second kappa shape index (κ2) is 13.0. The molecule has 0 saturated carbocycles. The Kier molecular flexibility index (Phi) is 4.66. The Morgan fingerprint density at radius 1 is 0.340 bits per heavy atom. The van der Waals surface area contributed by atoms with Crippen LogP contribution >= 0.6 is 0 Å². The van der Waals surface area contributed by atoms with Crippen molar-refractivity contribution in [2.45, 2.75) is 0 Å². The van der Waals surface area contributed by atoms with Gasteiger partial charge in [-0.25, -0.2) is 0 Å². The fraction of sp³-hybridized carbons (Fsp3) is 0. The number of rotatable bonds is 6. The predicted molar refractivity (Wildman–Crippen MR) is 227 cm³/mol. The first-order valence-electron chi connectivity index (χ1n) is 24.5. The highest BCUT2D eigenvalue weighted by atomic mass is 15.1. The van der Waals surface area contributed by atoms with Gasteiger partial charge in [0, 0.05) is 16.8 Å². The van der Waals surface area contributed by atoms with Gasteiger partial charge in [0.05, 0.1) is 26.2 Å². The number of nitrogens with zero attached hydrogens (tertiary/aromatic N) is 1. The summed E-state index contributed by atoms with van der Waals surface area (Å²) in [5, 5.41) is 4.59. The summed E-state index contributed by atoms with van der Waals surface area (Å²) in [5.74, 6) is 0. The third kappa shape index (κ3) is 5.60. The summed E-state index contributed by atoms with van der Waals surface area (Å²) in [6.07, 6.45) is 0. The van der Waals surface area contributed by atoms with Gasteiger partial charge in [0.1, 0.15) is 0 Å². The van der Waals surface area contributed by atoms with Crippen LogP contribution in [0.2, 0.25) is 0 Å². The van der Waals surface area contributed by atoms with Crippen molar-refractivity contribution in [2.24, 2.45) is 0 Å². The van der Waals surface area contributed by atoms with Crippen LogP contribution in [0.5, 0.6) is 0 Å². The number of anilines is 3. The Morgan fingerprint density at radius 3 is 1.62 bits per heavy atom. The highest BCUT2D eigenvalue weighted by molar-refractivity contribution is 6.14. The quantitative estimate of drug-likeness (QED) is 0.157. The van der Waals surface area contributed by atoms with E-state index in [1.807, 2.05) is 121 Å². The first-order valence-corrected chi connectivity index (χ1v) is 17.0. The lowest BCUT2D eigenvalue weighted by Gasteiger charge is -2.28. The zero-order valence-electron chi connectivity index (χ0n) is 43.0. The minimum Gasteiger partial charge on any atom is -0.310 e. The van der Waals surface area contributed by atoms with E-state index in [4.69, 9.17) is 12.3 Å². The summed E-state index contributed by atoms with van der Waals surface area (Å²) in [4.78, 5) is 1.67. The molecule has 0 atom stereocenters. The molecule has 0 bridgehead atoms. The minimum atomic E-state index is -0.780. The molecule has 53 heavy (non-hydrogen) atoms. The molecule has 0 aliphatic heterocycles. The van der Waals surface area contributed by atoms with Gasteiger partial charge in [0.15, 0.2) is 0 Å². The maximum absolute atomic E-state index is 9.69. The lowest BCUT2D eigenvalue weighted by molar-refractivity contribution is 1.30. The molecule has 1 nitrogen and oxygen atoms in total. The van der Waals surface area contributed by atoms with Gasteiger partial charge < -0.3 is 4.90 Å². The average Bonchev–Trinajstić information content (AvgIpc) is 3.35. The van der Waals surface area contributed by atoms with E-state index in [1.54, 1.807) is 4.90 Å². The monoisotopic (exact) mass is 688 g/mol. The Labute approximate surface area is 330 Å². The second-order valence-corrected chi connectivity index (χ2v) is 12.5. The van der Waals surface area contributed by atoms with Crippen molar-refractivity contribution in [2.75, 3.05) is 4.90 Å². The van der Waals surface area contributed by atoms with Crippen molar-refractivity contribution in [1.82, 2.24) is 0 Å². The van der Waals surface area contributed by atoms with Gasteiger partial charge in [-0.3, -0.25) is 0 Å². The van der Waals surface area contributed by atoms with E-state index in [-0.39, 0.29) is 5.69 Å². The molecule has 1 heteroatoms. The first-order chi connectivity index (χ1) is 32.5. The number of fused-ring (bicyclic) bond motifs is 5. The molecule has 0 amide bonds. The van der Waals surface area contributed by atoms with Gasteiger partial charge >= 0.3 is 0 Å². The maximum atomic E-state index is 9.69. The number of benzene rings is 10. The Morgan fingerprint density at radius 2 is 0.906 bits per heavy atom. The van der Waals surface area contributed by atoms with Crippen molar-refractivity contribution in [1.29, 1.82) is 0 Å². The number of hydrogen-bond acceptors (Lipinski definition) is 1. The Hall–Kier alpha value is -6.96. The molecule has 0 N–H and O–H groups in total. The van der Waals surface area contributed by atoms with Gasteiger partial charge in [0.25, 0.3) is 0 Å². The Bertz CT molecular complexity index is 3750. The van der Waals surface area contributed by atoms with Gasteiger partial charge in [0.2, 0.25) is 0 Å². The van der Waals surface area contributed by atoms with E-state index in [0.29, 0.717) is 11.4 Å². The van der Waals surface area contributed by atoms with Crippen molar-refractivity contribution in [3.8, 4) is 33.4 Å². The SMILES string of the molecule is [2H]c1c([2H])c([2H])c(-c2c([2H])c([2H])c3c([2H])c(-c4c([2H])c([2H])c(N(c5ccc(-c6cccc7ccccc67)cc5)c5cc6ccccc6c6ccccc56)c([2H])c4[2H])c([2H])c([2H])c3c2[2H])c([2H])c1[2H]. The van der Waals surface area contributed by atoms with Gasteiger partial charge in [-0.05, 0) is 113 Å². The molecule has 248 valence electrons. The zero-order chi connectivity index (χ0) is 48.2. The fourth-order valence-electron chi connectivity index (χ4n) is 6.92. The summed E-state index contributed by atoms with van der Waals surface area (Å²) in [6.45, 7) is 0. The molecule has 0 spiro atoms. The smallest absolute Gasteiger partial charge is 0.0645 e. The van der Waals surface area contributed by atoms with Crippen LogP contribution in [-0.4, -0.2) is 0 Å². The fourth-order valence-corrected chi connectivity index (χ4v) is 6.92. The second-order valence-electron chi connectivity index (χ2n) is 12.5. The molecule has 10 aromatic rings. The predicted octanol–water partition coefficient (Wildman–Crippen LogP) is 14.8. The molecule has 0 radical (unpaired) electrons. The van der Waals surface area contributed by atoms with E-state index >= 15 is 0 Å². The highest BCUT2D eigenvalue weighted by Gasteiger charge is 2.18. The molecule has 0 fully saturated rings. The molecule has 0 aromatic heterocycles. The lowest BCUT2D eigenvalue weighted by Crippen LogP contribution is -2.10. The van der Waals surface area contributed by atoms with Crippen LogP contribution in [0.4, 0.5) is 17.1 Å². The summed E-state index contributed by atoms with van der Waals surface area (Å²) in [7, 11) is 0. The molecule has 0 saturated heterocycles. The first kappa shape index (κ1) is 19.0. The molecule has 0 aliphatic rings. The molecule has 0 heterocycles. The summed E-state index contributed by atoms with van der Waals surface area (Å²) in [5.41, 5.74) is 0.660. The number of hydrogen-bond donors (Lipinski definition) is 0. The van der Waals surface area contributed by atoms with Crippen LogP contribution in [0.25, 0.3) is 76.5 Å². The Balaban J connectivity index is 1.22.